The molecule has 0 saturated carbocycles. The van der Waals surface area contributed by atoms with Gasteiger partial charge in [-0.15, -0.1) is 0 Å². The van der Waals surface area contributed by atoms with E-state index in [0.29, 0.717) is 56.5 Å². The maximum atomic E-state index is 14.1. The van der Waals surface area contributed by atoms with Crippen LogP contribution in [0.15, 0.2) is 90.1 Å². The second-order valence-electron chi connectivity index (χ2n) is 9.74. The Balaban J connectivity index is 1.64. The summed E-state index contributed by atoms with van der Waals surface area (Å²) in [7, 11) is 3.15. The van der Waals surface area contributed by atoms with E-state index in [9.17, 15) is 9.59 Å². The van der Waals surface area contributed by atoms with Crippen molar-refractivity contribution in [2.75, 3.05) is 27.3 Å². The van der Waals surface area contributed by atoms with Gasteiger partial charge in [0, 0.05) is 29.6 Å². The van der Waals surface area contributed by atoms with Crippen LogP contribution >= 0.6 is 23.1 Å². The van der Waals surface area contributed by atoms with Crippen LogP contribution in [0.25, 0.3) is 6.08 Å². The Morgan fingerprint density at radius 2 is 1.81 bits per heavy atom. The number of benzene rings is 2. The Labute approximate surface area is 252 Å². The fourth-order valence-electron chi connectivity index (χ4n) is 4.94. The molecule has 1 aliphatic rings. The first-order valence-electron chi connectivity index (χ1n) is 13.7. The molecule has 2 aromatic heterocycles. The molecule has 8 nitrogen and oxygen atoms in total. The lowest BCUT2D eigenvalue weighted by Crippen LogP contribution is -2.43. The van der Waals surface area contributed by atoms with Gasteiger partial charge in [0.05, 0.1) is 30.0 Å². The van der Waals surface area contributed by atoms with Crippen molar-refractivity contribution in [1.82, 2.24) is 9.47 Å². The average molecular weight is 604 g/mol. The summed E-state index contributed by atoms with van der Waals surface area (Å²) in [6.45, 7) is 8.79. The highest BCUT2D eigenvalue weighted by Gasteiger charge is 2.36. The van der Waals surface area contributed by atoms with Gasteiger partial charge in [-0.05, 0) is 70.2 Å². The summed E-state index contributed by atoms with van der Waals surface area (Å²) >= 11 is 2.78. The molecule has 2 aromatic carbocycles. The van der Waals surface area contributed by atoms with Gasteiger partial charge in [0.2, 0.25) is 0 Å². The molecule has 5 rings (SSSR count). The maximum Gasteiger partial charge on any atom is 0.271 e. The summed E-state index contributed by atoms with van der Waals surface area (Å²) in [6, 6.07) is 16.6. The molecule has 3 heterocycles. The molecule has 0 N–H and O–H groups in total. The van der Waals surface area contributed by atoms with Crippen molar-refractivity contribution in [3.63, 3.8) is 0 Å². The number of likely N-dealkylation sites (N-methyl/N-ethyl adjacent to an activating group) is 1. The molecule has 0 radical (unpaired) electrons. The lowest BCUT2D eigenvalue weighted by Gasteiger charge is -2.30. The molecule has 0 spiro atoms. The van der Waals surface area contributed by atoms with E-state index in [4.69, 9.17) is 18.9 Å². The number of nitrogens with zero attached hydrogens (tertiary/aromatic N) is 3. The molecule has 1 aliphatic heterocycles. The number of carbonyl (C=O) groups excluding carboxylic acids is 1. The van der Waals surface area contributed by atoms with Crippen molar-refractivity contribution in [3.05, 3.63) is 102 Å². The normalized spacial score (nSPS) is 14.9. The summed E-state index contributed by atoms with van der Waals surface area (Å²) < 4.78 is 19.3. The van der Waals surface area contributed by atoms with Crippen LogP contribution in [0.2, 0.25) is 0 Å². The Bertz CT molecular complexity index is 1830. The van der Waals surface area contributed by atoms with E-state index in [-0.39, 0.29) is 11.5 Å². The topological polar surface area (TPSA) is 86.3 Å². The van der Waals surface area contributed by atoms with E-state index in [1.807, 2.05) is 58.0 Å². The first kappa shape index (κ1) is 29.5. The number of furan rings is 1. The highest BCUT2D eigenvalue weighted by molar-refractivity contribution is 7.99. The minimum Gasteiger partial charge on any atom is -0.497 e. The van der Waals surface area contributed by atoms with Gasteiger partial charge < -0.3 is 18.8 Å². The summed E-state index contributed by atoms with van der Waals surface area (Å²) in [6.07, 6.45) is 1.73. The van der Waals surface area contributed by atoms with Gasteiger partial charge in [0.15, 0.2) is 9.89 Å². The molecule has 10 heteroatoms. The first-order chi connectivity index (χ1) is 20.3. The summed E-state index contributed by atoms with van der Waals surface area (Å²) in [5.41, 5.74) is 2.56. The van der Waals surface area contributed by atoms with Crippen molar-refractivity contribution >= 4 is 35.1 Å². The minimum atomic E-state index is -0.759. The number of thiazole rings is 1. The van der Waals surface area contributed by atoms with Crippen LogP contribution in [0, 0.1) is 6.92 Å². The van der Waals surface area contributed by atoms with E-state index in [2.05, 4.69) is 12.1 Å². The van der Waals surface area contributed by atoms with Gasteiger partial charge in [0.25, 0.3) is 11.5 Å². The molecule has 0 saturated heterocycles. The van der Waals surface area contributed by atoms with Crippen molar-refractivity contribution < 1.29 is 18.7 Å². The van der Waals surface area contributed by atoms with Gasteiger partial charge in [-0.1, -0.05) is 40.8 Å². The molecule has 218 valence electrons. The lowest BCUT2D eigenvalue weighted by atomic mass is 9.93. The zero-order chi connectivity index (χ0) is 30.0. The standard InChI is InChI=1S/C32H33N3O5S2/c1-7-34(8-2)31(37)28-20(4)33-32-35(29(28)24-17-21(38-5)11-15-25(24)39-6)30(36)26(42-32)18-22-12-16-27(40-22)41-23-13-9-19(3)10-14-23/h9-18,29H,7-8H2,1-6H3/b26-18+/t29-/m0/s1. The number of amides is 1. The van der Waals surface area contributed by atoms with E-state index in [1.165, 1.54) is 28.7 Å². The molecule has 42 heavy (non-hydrogen) atoms. The predicted molar refractivity (Wildman–Crippen MR) is 165 cm³/mol. The van der Waals surface area contributed by atoms with E-state index >= 15 is 0 Å². The van der Waals surface area contributed by atoms with E-state index < -0.39 is 6.04 Å². The lowest BCUT2D eigenvalue weighted by molar-refractivity contribution is -0.127. The number of allylic oxidation sites excluding steroid dienone is 1. The Morgan fingerprint density at radius 1 is 1.07 bits per heavy atom. The molecular weight excluding hydrogens is 571 g/mol. The number of hydrogen-bond donors (Lipinski definition) is 0. The third-order valence-electron chi connectivity index (χ3n) is 7.15. The summed E-state index contributed by atoms with van der Waals surface area (Å²) in [5.74, 6) is 1.51. The largest absolute Gasteiger partial charge is 0.497 e. The van der Waals surface area contributed by atoms with Gasteiger partial charge in [0.1, 0.15) is 23.3 Å². The average Bonchev–Trinajstić information content (AvgIpc) is 3.56. The van der Waals surface area contributed by atoms with Crippen LogP contribution in [0.5, 0.6) is 11.5 Å². The number of methoxy groups -OCH3 is 2. The Hall–Kier alpha value is -4.02. The smallest absolute Gasteiger partial charge is 0.271 e. The highest BCUT2D eigenvalue weighted by atomic mass is 32.2. The van der Waals surface area contributed by atoms with Crippen LogP contribution < -0.4 is 24.4 Å². The van der Waals surface area contributed by atoms with E-state index in [1.54, 1.807) is 41.9 Å². The van der Waals surface area contributed by atoms with Crippen molar-refractivity contribution in [3.8, 4) is 11.5 Å². The Kier molecular flexibility index (Phi) is 8.74. The zero-order valence-electron chi connectivity index (χ0n) is 24.5. The second kappa shape index (κ2) is 12.5. The summed E-state index contributed by atoms with van der Waals surface area (Å²) in [5, 5.41) is 0.722. The Morgan fingerprint density at radius 3 is 2.48 bits per heavy atom. The molecule has 0 unspecified atom stereocenters. The predicted octanol–water partition coefficient (Wildman–Crippen LogP) is 5.17. The van der Waals surface area contributed by atoms with Crippen molar-refractivity contribution in [2.24, 2.45) is 4.99 Å². The van der Waals surface area contributed by atoms with Crippen molar-refractivity contribution in [2.45, 2.75) is 43.7 Å². The minimum absolute atomic E-state index is 0.172. The monoisotopic (exact) mass is 603 g/mol. The highest BCUT2D eigenvalue weighted by Crippen LogP contribution is 2.38. The number of ether oxygens (including phenoxy) is 2. The summed E-state index contributed by atoms with van der Waals surface area (Å²) in [4.78, 5) is 36.0. The SMILES string of the molecule is CCN(CC)C(=O)C1=C(C)N=c2s/c(=C/c3ccc(Sc4ccc(C)cc4)o3)c(=O)n2[C@H]1c1cc(OC)ccc1OC. The molecule has 4 aromatic rings. The zero-order valence-corrected chi connectivity index (χ0v) is 26.1. The third-order valence-corrected chi connectivity index (χ3v) is 9.06. The fourth-order valence-corrected chi connectivity index (χ4v) is 6.75. The van der Waals surface area contributed by atoms with Gasteiger partial charge >= 0.3 is 0 Å². The number of carbonyl (C=O) groups is 1. The third kappa shape index (κ3) is 5.69. The van der Waals surface area contributed by atoms with Gasteiger partial charge in [-0.2, -0.15) is 0 Å². The molecule has 1 amide bonds. The molecule has 1 atom stereocenters. The maximum absolute atomic E-state index is 14.1. The van der Waals surface area contributed by atoms with Crippen molar-refractivity contribution in [1.29, 1.82) is 0 Å². The number of aryl methyl sites for hydroxylation is 1. The second-order valence-corrected chi connectivity index (χ2v) is 11.8. The number of fused-ring (bicyclic) bond motifs is 1. The van der Waals surface area contributed by atoms with Crippen LogP contribution in [0.3, 0.4) is 0 Å². The molecule has 0 fully saturated rings. The number of aromatic nitrogens is 1. The molecular formula is C32H33N3O5S2. The number of rotatable bonds is 9. The van der Waals surface area contributed by atoms with Gasteiger partial charge in [-0.3, -0.25) is 14.2 Å². The molecule has 0 aliphatic carbocycles. The van der Waals surface area contributed by atoms with Crippen LogP contribution in [0.4, 0.5) is 0 Å². The first-order valence-corrected chi connectivity index (χ1v) is 15.3. The van der Waals surface area contributed by atoms with Crippen LogP contribution in [-0.2, 0) is 4.79 Å². The van der Waals surface area contributed by atoms with Crippen LogP contribution in [-0.4, -0.2) is 42.7 Å². The quantitative estimate of drug-likeness (QED) is 0.262. The van der Waals surface area contributed by atoms with Crippen LogP contribution in [0.1, 0.15) is 43.7 Å². The molecule has 0 bridgehead atoms. The van der Waals surface area contributed by atoms with Gasteiger partial charge in [-0.25, -0.2) is 4.99 Å². The van der Waals surface area contributed by atoms with E-state index in [0.717, 1.165) is 9.99 Å². The fraction of sp³-hybridized carbons (Fsp3) is 0.281. The number of hydrogen-bond acceptors (Lipinski definition) is 8.